The van der Waals surface area contributed by atoms with Gasteiger partial charge in [-0.15, -0.1) is 0 Å². The van der Waals surface area contributed by atoms with Crippen molar-refractivity contribution < 1.29 is 0 Å². The van der Waals surface area contributed by atoms with Crippen LogP contribution in [0.4, 0.5) is 0 Å². The van der Waals surface area contributed by atoms with Gasteiger partial charge in [-0.05, 0) is 49.3 Å². The van der Waals surface area contributed by atoms with Crippen LogP contribution in [0.15, 0.2) is 43.1 Å². The van der Waals surface area contributed by atoms with Crippen LogP contribution in [0, 0.1) is 11.8 Å². The predicted molar refractivity (Wildman–Crippen MR) is 95.0 cm³/mol. The quantitative estimate of drug-likeness (QED) is 0.858. The molecule has 0 spiro atoms. The van der Waals surface area contributed by atoms with Crippen LogP contribution >= 0.6 is 0 Å². The first-order valence-electron chi connectivity index (χ1n) is 7.79. The summed E-state index contributed by atoms with van der Waals surface area (Å²) in [7, 11) is 0. The number of nitrogens with two attached hydrogens (primary N) is 2. The third-order valence-electron chi connectivity index (χ3n) is 4.29. The molecule has 0 radical (unpaired) electrons. The molecule has 1 aromatic carbocycles. The maximum Gasteiger partial charge on any atom is 0.00415 e. The van der Waals surface area contributed by atoms with Crippen molar-refractivity contribution in [2.75, 3.05) is 0 Å². The summed E-state index contributed by atoms with van der Waals surface area (Å²) in [6, 6.07) is 11.3. The van der Waals surface area contributed by atoms with E-state index in [1.165, 1.54) is 50.3 Å². The smallest absolute Gasteiger partial charge is 0.00415 e. The highest BCUT2D eigenvalue weighted by molar-refractivity contribution is 5.14. The number of hydrogen-bond acceptors (Lipinski definition) is 2. The van der Waals surface area contributed by atoms with Crippen LogP contribution in [0.5, 0.6) is 0 Å². The fourth-order valence-corrected chi connectivity index (χ4v) is 3.06. The summed E-state index contributed by atoms with van der Waals surface area (Å²) in [5, 5.41) is 0. The van der Waals surface area contributed by atoms with Gasteiger partial charge in [0.05, 0.1) is 0 Å². The Morgan fingerprint density at radius 3 is 2.48 bits per heavy atom. The topological polar surface area (TPSA) is 52.0 Å². The highest BCUT2D eigenvalue weighted by Crippen LogP contribution is 2.31. The second kappa shape index (κ2) is 11.4. The lowest BCUT2D eigenvalue weighted by Gasteiger charge is -2.31. The molecule has 0 heterocycles. The van der Waals surface area contributed by atoms with Crippen LogP contribution in [0.25, 0.3) is 0 Å². The normalized spacial score (nSPS) is 22.2. The number of aryl methyl sites for hydroxylation is 1. The maximum atomic E-state index is 6.07. The van der Waals surface area contributed by atoms with Crippen molar-refractivity contribution in [3.8, 4) is 0 Å². The first kappa shape index (κ1) is 19.7. The molecule has 0 amide bonds. The van der Waals surface area contributed by atoms with Gasteiger partial charge in [-0.3, -0.25) is 0 Å². The summed E-state index contributed by atoms with van der Waals surface area (Å²) in [6.07, 6.45) is 8.98. The molecule has 0 saturated heterocycles. The molecule has 21 heavy (non-hydrogen) atoms. The maximum absolute atomic E-state index is 6.07. The second-order valence-electron chi connectivity index (χ2n) is 5.92. The molecule has 2 rings (SSSR count). The first-order valence-corrected chi connectivity index (χ1v) is 7.79. The average molecular weight is 290 g/mol. The molecular formula is C19H34N2. The first-order chi connectivity index (χ1) is 9.67. The van der Waals surface area contributed by atoms with E-state index in [4.69, 9.17) is 5.73 Å². The molecule has 1 fully saturated rings. The van der Waals surface area contributed by atoms with Crippen molar-refractivity contribution in [3.63, 3.8) is 0 Å². The highest BCUT2D eigenvalue weighted by atomic mass is 14.6. The van der Waals surface area contributed by atoms with E-state index in [1.807, 2.05) is 0 Å². The second-order valence-corrected chi connectivity index (χ2v) is 5.92. The molecule has 3 atom stereocenters. The van der Waals surface area contributed by atoms with E-state index >= 15 is 0 Å². The summed E-state index contributed by atoms with van der Waals surface area (Å²) in [5.41, 5.74) is 12.2. The summed E-state index contributed by atoms with van der Waals surface area (Å²) in [4.78, 5) is 0. The summed E-state index contributed by atoms with van der Waals surface area (Å²) >= 11 is 0. The van der Waals surface area contributed by atoms with E-state index in [9.17, 15) is 0 Å². The zero-order chi connectivity index (χ0) is 14.8. The Hall–Kier alpha value is -1.28. The fraction of sp³-hybridized carbons (Fsp3) is 0.579. The van der Waals surface area contributed by atoms with E-state index in [2.05, 4.69) is 49.6 Å². The van der Waals surface area contributed by atoms with Gasteiger partial charge < -0.3 is 11.5 Å². The SMILES string of the molecule is C.C=CN.CC(CCc1ccccc1)C1CCCC(N)C1. The average Bonchev–Trinajstić information content (AvgIpc) is 2.47. The van der Waals surface area contributed by atoms with Gasteiger partial charge in [-0.25, -0.2) is 0 Å². The molecule has 0 aliphatic heterocycles. The molecule has 120 valence electrons. The van der Waals surface area contributed by atoms with Gasteiger partial charge in [0.2, 0.25) is 0 Å². The number of rotatable bonds is 4. The van der Waals surface area contributed by atoms with E-state index in [-0.39, 0.29) is 7.43 Å². The Morgan fingerprint density at radius 1 is 1.29 bits per heavy atom. The molecule has 0 bridgehead atoms. The molecule has 0 aromatic heterocycles. The van der Waals surface area contributed by atoms with Crippen molar-refractivity contribution in [2.24, 2.45) is 23.3 Å². The van der Waals surface area contributed by atoms with Gasteiger partial charge in [-0.1, -0.05) is 64.1 Å². The molecule has 1 aliphatic carbocycles. The largest absolute Gasteiger partial charge is 0.405 e. The zero-order valence-electron chi connectivity index (χ0n) is 12.8. The van der Waals surface area contributed by atoms with Gasteiger partial charge in [0, 0.05) is 6.04 Å². The molecule has 2 heteroatoms. The van der Waals surface area contributed by atoms with E-state index in [0.29, 0.717) is 6.04 Å². The summed E-state index contributed by atoms with van der Waals surface area (Å²) in [5.74, 6) is 1.68. The van der Waals surface area contributed by atoms with Gasteiger partial charge in [-0.2, -0.15) is 0 Å². The number of hydrogen-bond donors (Lipinski definition) is 2. The van der Waals surface area contributed by atoms with Crippen molar-refractivity contribution in [1.82, 2.24) is 0 Å². The van der Waals surface area contributed by atoms with Crippen LogP contribution in [0.1, 0.15) is 52.0 Å². The van der Waals surface area contributed by atoms with Crippen LogP contribution < -0.4 is 11.5 Å². The Balaban J connectivity index is 0.000000922. The van der Waals surface area contributed by atoms with Crippen molar-refractivity contribution >= 4 is 0 Å². The van der Waals surface area contributed by atoms with Gasteiger partial charge in [0.15, 0.2) is 0 Å². The number of benzene rings is 1. The van der Waals surface area contributed by atoms with E-state index in [0.717, 1.165) is 11.8 Å². The highest BCUT2D eigenvalue weighted by Gasteiger charge is 2.23. The van der Waals surface area contributed by atoms with Crippen molar-refractivity contribution in [2.45, 2.75) is 58.9 Å². The van der Waals surface area contributed by atoms with Crippen molar-refractivity contribution in [3.05, 3.63) is 48.7 Å². The molecule has 3 unspecified atom stereocenters. The zero-order valence-corrected chi connectivity index (χ0v) is 12.8. The van der Waals surface area contributed by atoms with Crippen LogP contribution in [0.3, 0.4) is 0 Å². The van der Waals surface area contributed by atoms with E-state index in [1.54, 1.807) is 0 Å². The van der Waals surface area contributed by atoms with Crippen LogP contribution in [0.2, 0.25) is 0 Å². The predicted octanol–water partition coefficient (Wildman–Crippen LogP) is 4.50. The minimum atomic E-state index is 0. The third kappa shape index (κ3) is 7.91. The monoisotopic (exact) mass is 290 g/mol. The molecule has 4 N–H and O–H groups in total. The Labute approximate surface area is 131 Å². The van der Waals surface area contributed by atoms with Crippen LogP contribution in [-0.4, -0.2) is 6.04 Å². The fourth-order valence-electron chi connectivity index (χ4n) is 3.06. The molecule has 1 aliphatic rings. The minimum absolute atomic E-state index is 0. The Kier molecular flexibility index (Phi) is 10.7. The molecule has 1 saturated carbocycles. The van der Waals surface area contributed by atoms with Gasteiger partial charge >= 0.3 is 0 Å². The lowest BCUT2D eigenvalue weighted by atomic mass is 9.77. The third-order valence-corrected chi connectivity index (χ3v) is 4.29. The lowest BCUT2D eigenvalue weighted by Crippen LogP contribution is -2.30. The molecule has 2 nitrogen and oxygen atoms in total. The van der Waals surface area contributed by atoms with E-state index < -0.39 is 0 Å². The molecular weight excluding hydrogens is 256 g/mol. The standard InChI is InChI=1S/C16H25N.C2H5N.CH4/c1-13(15-8-5-9-16(17)12-15)10-11-14-6-3-2-4-7-14;1-2-3;/h2-4,6-7,13,15-16H,5,8-12,17H2,1H3;2H,1,3H2;1H4. The van der Waals surface area contributed by atoms with Gasteiger partial charge in [0.25, 0.3) is 0 Å². The summed E-state index contributed by atoms with van der Waals surface area (Å²) in [6.45, 7) is 5.55. The Bertz CT molecular complexity index is 361. The van der Waals surface area contributed by atoms with Gasteiger partial charge in [0.1, 0.15) is 0 Å². The lowest BCUT2D eigenvalue weighted by molar-refractivity contribution is 0.233. The summed E-state index contributed by atoms with van der Waals surface area (Å²) < 4.78 is 0. The van der Waals surface area contributed by atoms with Crippen molar-refractivity contribution in [1.29, 1.82) is 0 Å². The Morgan fingerprint density at radius 2 is 1.90 bits per heavy atom. The minimum Gasteiger partial charge on any atom is -0.405 e. The van der Waals surface area contributed by atoms with Crippen LogP contribution in [-0.2, 0) is 6.42 Å². The molecule has 1 aromatic rings.